The largest absolute Gasteiger partial charge is 0.490 e. The summed E-state index contributed by atoms with van der Waals surface area (Å²) in [5.74, 6) is -0.140. The van der Waals surface area contributed by atoms with Crippen molar-refractivity contribution in [3.05, 3.63) is 66.2 Å². The number of carbonyl (C=O) groups is 2. The molecule has 2 aromatic carbocycles. The van der Waals surface area contributed by atoms with E-state index in [1.165, 1.54) is 6.21 Å². The molecule has 0 saturated heterocycles. The number of carbonyl (C=O) groups excluding carboxylic acids is 2. The summed E-state index contributed by atoms with van der Waals surface area (Å²) in [5, 5.41) is 6.38. The SMILES string of the molecule is C=CCOc1ccc(/C=N\NC(=O)C(=O)Nc2ccc(C(C)C)cc2)cc1OCC. The Balaban J connectivity index is 1.94. The molecule has 2 amide bonds. The Kier molecular flexibility index (Phi) is 8.62. The van der Waals surface area contributed by atoms with Crippen LogP contribution >= 0.6 is 0 Å². The van der Waals surface area contributed by atoms with Crippen LogP contribution in [0.5, 0.6) is 11.5 Å². The first-order valence-electron chi connectivity index (χ1n) is 9.69. The third-order valence-electron chi connectivity index (χ3n) is 4.05. The molecule has 2 aromatic rings. The molecule has 7 heteroatoms. The zero-order chi connectivity index (χ0) is 21.9. The molecule has 0 heterocycles. The maximum atomic E-state index is 12.0. The minimum absolute atomic E-state index is 0.360. The molecule has 158 valence electrons. The predicted octanol–water partition coefficient (Wildman–Crippen LogP) is 3.86. The van der Waals surface area contributed by atoms with Gasteiger partial charge in [-0.2, -0.15) is 5.10 Å². The van der Waals surface area contributed by atoms with E-state index in [1.807, 2.05) is 19.1 Å². The van der Waals surface area contributed by atoms with Crippen molar-refractivity contribution < 1.29 is 19.1 Å². The van der Waals surface area contributed by atoms with Crippen molar-refractivity contribution in [2.24, 2.45) is 5.10 Å². The molecule has 0 unspecified atom stereocenters. The normalized spacial score (nSPS) is 10.7. The Bertz CT molecular complexity index is 905. The molecular weight excluding hydrogens is 382 g/mol. The lowest BCUT2D eigenvalue weighted by Gasteiger charge is -2.11. The van der Waals surface area contributed by atoms with Crippen LogP contribution in [0.15, 0.2) is 60.2 Å². The molecule has 0 radical (unpaired) electrons. The summed E-state index contributed by atoms with van der Waals surface area (Å²) in [4.78, 5) is 24.0. The van der Waals surface area contributed by atoms with Gasteiger partial charge < -0.3 is 14.8 Å². The third kappa shape index (κ3) is 6.77. The Labute approximate surface area is 176 Å². The van der Waals surface area contributed by atoms with Gasteiger partial charge in [-0.3, -0.25) is 9.59 Å². The van der Waals surface area contributed by atoms with Crippen LogP contribution in [0.1, 0.15) is 37.8 Å². The van der Waals surface area contributed by atoms with Crippen molar-refractivity contribution in [1.82, 2.24) is 5.43 Å². The highest BCUT2D eigenvalue weighted by Gasteiger charge is 2.13. The molecule has 0 aliphatic carbocycles. The van der Waals surface area contributed by atoms with E-state index in [-0.39, 0.29) is 0 Å². The monoisotopic (exact) mass is 409 g/mol. The lowest BCUT2D eigenvalue weighted by molar-refractivity contribution is -0.136. The third-order valence-corrected chi connectivity index (χ3v) is 4.05. The van der Waals surface area contributed by atoms with Crippen LogP contribution in [-0.2, 0) is 9.59 Å². The number of nitrogens with one attached hydrogen (secondary N) is 2. The van der Waals surface area contributed by atoms with Crippen molar-refractivity contribution in [1.29, 1.82) is 0 Å². The second kappa shape index (κ2) is 11.4. The average Bonchev–Trinajstić information content (AvgIpc) is 2.73. The molecule has 7 nitrogen and oxygen atoms in total. The average molecular weight is 409 g/mol. The minimum atomic E-state index is -0.866. The van der Waals surface area contributed by atoms with E-state index >= 15 is 0 Å². The first-order chi connectivity index (χ1) is 14.4. The van der Waals surface area contributed by atoms with Gasteiger partial charge in [0.1, 0.15) is 6.61 Å². The fourth-order valence-corrected chi connectivity index (χ4v) is 2.50. The molecule has 2 N–H and O–H groups in total. The van der Waals surface area contributed by atoms with Crippen molar-refractivity contribution in [2.75, 3.05) is 18.5 Å². The number of rotatable bonds is 9. The topological polar surface area (TPSA) is 89.0 Å². The van der Waals surface area contributed by atoms with Gasteiger partial charge in [-0.05, 0) is 54.3 Å². The van der Waals surface area contributed by atoms with Crippen LogP contribution < -0.4 is 20.2 Å². The summed E-state index contributed by atoms with van der Waals surface area (Å²) < 4.78 is 11.1. The van der Waals surface area contributed by atoms with Crippen LogP contribution in [0.25, 0.3) is 0 Å². The second-order valence-corrected chi connectivity index (χ2v) is 6.67. The molecular formula is C23H27N3O4. The lowest BCUT2D eigenvalue weighted by Crippen LogP contribution is -2.32. The molecule has 0 aliphatic rings. The maximum Gasteiger partial charge on any atom is 0.329 e. The first-order valence-corrected chi connectivity index (χ1v) is 9.69. The van der Waals surface area contributed by atoms with Gasteiger partial charge in [0.25, 0.3) is 0 Å². The number of hydrazone groups is 1. The summed E-state index contributed by atoms with van der Waals surface area (Å²) in [6.07, 6.45) is 3.06. The van der Waals surface area contributed by atoms with Crippen molar-refractivity contribution in [3.63, 3.8) is 0 Å². The number of hydrogen-bond donors (Lipinski definition) is 2. The molecule has 0 saturated carbocycles. The molecule has 30 heavy (non-hydrogen) atoms. The zero-order valence-corrected chi connectivity index (χ0v) is 17.5. The highest BCUT2D eigenvalue weighted by atomic mass is 16.5. The second-order valence-electron chi connectivity index (χ2n) is 6.67. The number of nitrogens with zero attached hydrogens (tertiary/aromatic N) is 1. The quantitative estimate of drug-likeness (QED) is 0.285. The van der Waals surface area contributed by atoms with E-state index in [0.717, 1.165) is 5.56 Å². The molecule has 0 aromatic heterocycles. The Morgan fingerprint density at radius 2 is 1.80 bits per heavy atom. The summed E-state index contributed by atoms with van der Waals surface area (Å²) >= 11 is 0. The van der Waals surface area contributed by atoms with E-state index in [1.54, 1.807) is 36.4 Å². The number of benzene rings is 2. The first kappa shape index (κ1) is 22.7. The van der Waals surface area contributed by atoms with Crippen molar-refractivity contribution >= 4 is 23.7 Å². The van der Waals surface area contributed by atoms with Gasteiger partial charge >= 0.3 is 11.8 Å². The van der Waals surface area contributed by atoms with Gasteiger partial charge in [0, 0.05) is 5.69 Å². The summed E-state index contributed by atoms with van der Waals surface area (Å²) in [5.41, 5.74) is 4.58. The van der Waals surface area contributed by atoms with E-state index < -0.39 is 11.8 Å². The van der Waals surface area contributed by atoms with Crippen LogP contribution in [0.2, 0.25) is 0 Å². The van der Waals surface area contributed by atoms with Gasteiger partial charge in [-0.15, -0.1) is 0 Å². The van der Waals surface area contributed by atoms with Gasteiger partial charge in [-0.25, -0.2) is 5.43 Å². The predicted molar refractivity (Wildman–Crippen MR) is 118 cm³/mol. The number of amides is 2. The molecule has 0 atom stereocenters. The lowest BCUT2D eigenvalue weighted by atomic mass is 10.0. The van der Waals surface area contributed by atoms with Crippen LogP contribution in [0.3, 0.4) is 0 Å². The fraction of sp³-hybridized carbons (Fsp3) is 0.261. The van der Waals surface area contributed by atoms with E-state index in [2.05, 4.69) is 36.3 Å². The van der Waals surface area contributed by atoms with E-state index in [9.17, 15) is 9.59 Å². The van der Waals surface area contributed by atoms with Gasteiger partial charge in [0.2, 0.25) is 0 Å². The molecule has 0 aliphatic heterocycles. The standard InChI is InChI=1S/C23H27N3O4/c1-5-13-30-20-12-7-17(14-21(20)29-6-2)15-24-26-23(28)22(27)25-19-10-8-18(9-11-19)16(3)4/h5,7-12,14-16H,1,6,13H2,2-4H3,(H,25,27)(H,26,28)/b24-15-. The highest BCUT2D eigenvalue weighted by molar-refractivity contribution is 6.39. The fourth-order valence-electron chi connectivity index (χ4n) is 2.50. The number of anilines is 1. The summed E-state index contributed by atoms with van der Waals surface area (Å²) in [6.45, 7) is 10.5. The molecule has 2 rings (SSSR count). The maximum absolute atomic E-state index is 12.0. The van der Waals surface area contributed by atoms with E-state index in [4.69, 9.17) is 9.47 Å². The van der Waals surface area contributed by atoms with Crippen LogP contribution in [0, 0.1) is 0 Å². The summed E-state index contributed by atoms with van der Waals surface area (Å²) in [7, 11) is 0. The number of hydrogen-bond acceptors (Lipinski definition) is 5. The Morgan fingerprint density at radius 1 is 1.07 bits per heavy atom. The Hall–Kier alpha value is -3.61. The van der Waals surface area contributed by atoms with Gasteiger partial charge in [0.05, 0.1) is 12.8 Å². The highest BCUT2D eigenvalue weighted by Crippen LogP contribution is 2.28. The van der Waals surface area contributed by atoms with Gasteiger partial charge in [-0.1, -0.05) is 38.6 Å². The van der Waals surface area contributed by atoms with Crippen molar-refractivity contribution in [3.8, 4) is 11.5 Å². The molecule has 0 fully saturated rings. The summed E-state index contributed by atoms with van der Waals surface area (Å²) in [6, 6.07) is 12.6. The van der Waals surface area contributed by atoms with Crippen LogP contribution in [0.4, 0.5) is 5.69 Å². The number of ether oxygens (including phenoxy) is 2. The minimum Gasteiger partial charge on any atom is -0.490 e. The smallest absolute Gasteiger partial charge is 0.329 e. The molecule has 0 bridgehead atoms. The Morgan fingerprint density at radius 3 is 2.43 bits per heavy atom. The molecule has 0 spiro atoms. The van der Waals surface area contributed by atoms with Crippen molar-refractivity contribution in [2.45, 2.75) is 26.7 Å². The zero-order valence-electron chi connectivity index (χ0n) is 17.5. The van der Waals surface area contributed by atoms with Crippen LogP contribution in [-0.4, -0.2) is 31.2 Å². The van der Waals surface area contributed by atoms with Gasteiger partial charge in [0.15, 0.2) is 11.5 Å². The van der Waals surface area contributed by atoms with E-state index in [0.29, 0.717) is 41.9 Å².